The third-order valence-corrected chi connectivity index (χ3v) is 5.73. The van der Waals surface area contributed by atoms with Crippen LogP contribution < -0.4 is 0 Å². The molecule has 1 aliphatic rings. The smallest absolute Gasteiger partial charge is 0.127 e. The standard InChI is InChI=1S/C15H19BrClF/c1-9-7-10(12(17)8-13(9)18)14(16)11-5-4-6-15(11,2)3/h7-8,11,14H,4-6H2,1-3H3. The molecule has 0 bridgehead atoms. The molecule has 0 spiro atoms. The summed E-state index contributed by atoms with van der Waals surface area (Å²) in [6.45, 7) is 6.40. The lowest BCUT2D eigenvalue weighted by Gasteiger charge is -2.31. The van der Waals surface area contributed by atoms with E-state index in [-0.39, 0.29) is 10.6 Å². The first-order chi connectivity index (χ1) is 8.33. The molecule has 1 saturated carbocycles. The fraction of sp³-hybridized carbons (Fsp3) is 0.600. The molecular weight excluding hydrogens is 315 g/mol. The maximum Gasteiger partial charge on any atom is 0.127 e. The summed E-state index contributed by atoms with van der Waals surface area (Å²) in [5.41, 5.74) is 2.00. The molecule has 18 heavy (non-hydrogen) atoms. The Hall–Kier alpha value is -0.0800. The largest absolute Gasteiger partial charge is 0.207 e. The zero-order valence-corrected chi connectivity index (χ0v) is 13.4. The Labute approximate surface area is 122 Å². The van der Waals surface area contributed by atoms with Gasteiger partial charge in [-0.2, -0.15) is 0 Å². The van der Waals surface area contributed by atoms with Crippen LogP contribution >= 0.6 is 27.5 Å². The number of aryl methyl sites for hydroxylation is 1. The number of alkyl halides is 1. The van der Waals surface area contributed by atoms with Crippen LogP contribution in [0.1, 0.15) is 49.1 Å². The minimum atomic E-state index is -0.228. The van der Waals surface area contributed by atoms with Crippen LogP contribution in [0.15, 0.2) is 12.1 Å². The molecule has 0 amide bonds. The van der Waals surface area contributed by atoms with Crippen molar-refractivity contribution in [2.75, 3.05) is 0 Å². The zero-order valence-electron chi connectivity index (χ0n) is 11.1. The highest BCUT2D eigenvalue weighted by atomic mass is 79.9. The molecule has 1 aromatic carbocycles. The van der Waals surface area contributed by atoms with E-state index in [1.54, 1.807) is 6.92 Å². The van der Waals surface area contributed by atoms with Crippen molar-refractivity contribution in [3.63, 3.8) is 0 Å². The molecular formula is C15H19BrClF. The van der Waals surface area contributed by atoms with E-state index in [1.807, 2.05) is 6.07 Å². The third kappa shape index (κ3) is 2.60. The van der Waals surface area contributed by atoms with Gasteiger partial charge in [-0.05, 0) is 48.3 Å². The van der Waals surface area contributed by atoms with Crippen LogP contribution in [0.4, 0.5) is 4.39 Å². The van der Waals surface area contributed by atoms with Gasteiger partial charge in [-0.1, -0.05) is 53.9 Å². The number of halogens is 3. The first-order valence-electron chi connectivity index (χ1n) is 6.42. The molecule has 0 nitrogen and oxygen atoms in total. The summed E-state index contributed by atoms with van der Waals surface area (Å²) in [6, 6.07) is 3.31. The van der Waals surface area contributed by atoms with Gasteiger partial charge in [0.2, 0.25) is 0 Å². The van der Waals surface area contributed by atoms with Crippen molar-refractivity contribution in [2.45, 2.75) is 44.9 Å². The average molecular weight is 334 g/mol. The highest BCUT2D eigenvalue weighted by molar-refractivity contribution is 9.09. The van der Waals surface area contributed by atoms with E-state index in [0.29, 0.717) is 21.9 Å². The molecule has 1 fully saturated rings. The van der Waals surface area contributed by atoms with E-state index in [1.165, 1.54) is 25.3 Å². The third-order valence-electron chi connectivity index (χ3n) is 4.27. The van der Waals surface area contributed by atoms with Crippen LogP contribution in [0.3, 0.4) is 0 Å². The summed E-state index contributed by atoms with van der Waals surface area (Å²) in [6.07, 6.45) is 3.71. The Kier molecular flexibility index (Phi) is 4.08. The van der Waals surface area contributed by atoms with Crippen LogP contribution in [0.5, 0.6) is 0 Å². The molecule has 0 aromatic heterocycles. The lowest BCUT2D eigenvalue weighted by atomic mass is 9.78. The van der Waals surface area contributed by atoms with Crippen molar-refractivity contribution >= 4 is 27.5 Å². The van der Waals surface area contributed by atoms with Crippen LogP contribution in [-0.4, -0.2) is 0 Å². The first kappa shape index (κ1) is 14.3. The lowest BCUT2D eigenvalue weighted by Crippen LogP contribution is -2.21. The molecule has 0 heterocycles. The van der Waals surface area contributed by atoms with E-state index in [0.717, 1.165) is 5.56 Å². The quantitative estimate of drug-likeness (QED) is 0.578. The van der Waals surface area contributed by atoms with Gasteiger partial charge in [-0.15, -0.1) is 0 Å². The van der Waals surface area contributed by atoms with Gasteiger partial charge < -0.3 is 0 Å². The van der Waals surface area contributed by atoms with Crippen LogP contribution in [0.25, 0.3) is 0 Å². The molecule has 1 aliphatic carbocycles. The molecule has 0 N–H and O–H groups in total. The Balaban J connectivity index is 2.34. The van der Waals surface area contributed by atoms with E-state index in [9.17, 15) is 4.39 Å². The highest BCUT2D eigenvalue weighted by Gasteiger charge is 2.39. The van der Waals surface area contributed by atoms with Crippen molar-refractivity contribution in [3.05, 3.63) is 34.1 Å². The Bertz CT molecular complexity index is 456. The predicted molar refractivity (Wildman–Crippen MR) is 78.9 cm³/mol. The minimum absolute atomic E-state index is 0.210. The molecule has 0 radical (unpaired) electrons. The highest BCUT2D eigenvalue weighted by Crippen LogP contribution is 2.52. The molecule has 0 aliphatic heterocycles. The van der Waals surface area contributed by atoms with E-state index in [4.69, 9.17) is 11.6 Å². The van der Waals surface area contributed by atoms with Crippen LogP contribution in [0.2, 0.25) is 5.02 Å². The normalized spacial score (nSPS) is 24.2. The van der Waals surface area contributed by atoms with Gasteiger partial charge >= 0.3 is 0 Å². The maximum absolute atomic E-state index is 13.5. The second-order valence-corrected chi connectivity index (χ2v) is 7.41. The molecule has 2 unspecified atom stereocenters. The summed E-state index contributed by atoms with van der Waals surface area (Å²) in [4.78, 5) is 0.210. The second kappa shape index (κ2) is 5.13. The molecule has 0 saturated heterocycles. The number of benzene rings is 1. The summed E-state index contributed by atoms with van der Waals surface area (Å²) < 4.78 is 13.5. The average Bonchev–Trinajstić information content (AvgIpc) is 2.62. The topological polar surface area (TPSA) is 0 Å². The summed E-state index contributed by atoms with van der Waals surface area (Å²) in [7, 11) is 0. The van der Waals surface area contributed by atoms with Gasteiger partial charge in [0.05, 0.1) is 0 Å². The van der Waals surface area contributed by atoms with Gasteiger partial charge in [0.1, 0.15) is 5.82 Å². The van der Waals surface area contributed by atoms with Crippen molar-refractivity contribution in [3.8, 4) is 0 Å². The van der Waals surface area contributed by atoms with E-state index in [2.05, 4.69) is 29.8 Å². The van der Waals surface area contributed by atoms with Gasteiger partial charge in [0.25, 0.3) is 0 Å². The van der Waals surface area contributed by atoms with Gasteiger partial charge in [0.15, 0.2) is 0 Å². The molecule has 2 atom stereocenters. The summed E-state index contributed by atoms with van der Waals surface area (Å²) >= 11 is 9.99. The van der Waals surface area contributed by atoms with E-state index < -0.39 is 0 Å². The Morgan fingerprint density at radius 1 is 1.44 bits per heavy atom. The number of hydrogen-bond donors (Lipinski definition) is 0. The first-order valence-corrected chi connectivity index (χ1v) is 7.72. The summed E-state index contributed by atoms with van der Waals surface area (Å²) in [5, 5.41) is 0.530. The molecule has 1 aromatic rings. The molecule has 3 heteroatoms. The fourth-order valence-corrected chi connectivity index (χ4v) is 4.76. The van der Waals surface area contributed by atoms with Crippen molar-refractivity contribution in [1.82, 2.24) is 0 Å². The van der Waals surface area contributed by atoms with Crippen molar-refractivity contribution in [1.29, 1.82) is 0 Å². The summed E-state index contributed by atoms with van der Waals surface area (Å²) in [5.74, 6) is 0.328. The molecule has 100 valence electrons. The van der Waals surface area contributed by atoms with Crippen LogP contribution in [0, 0.1) is 24.1 Å². The van der Waals surface area contributed by atoms with E-state index >= 15 is 0 Å². The minimum Gasteiger partial charge on any atom is -0.207 e. The SMILES string of the molecule is Cc1cc(C(Br)C2CCCC2(C)C)c(Cl)cc1F. The monoisotopic (exact) mass is 332 g/mol. The zero-order chi connectivity index (χ0) is 13.5. The predicted octanol–water partition coefficient (Wildman–Crippen LogP) is 6.05. The maximum atomic E-state index is 13.5. The Morgan fingerprint density at radius 3 is 2.67 bits per heavy atom. The molecule has 2 rings (SSSR count). The number of hydrogen-bond acceptors (Lipinski definition) is 0. The van der Waals surface area contributed by atoms with Gasteiger partial charge in [-0.25, -0.2) is 4.39 Å². The van der Waals surface area contributed by atoms with Crippen molar-refractivity contribution < 1.29 is 4.39 Å². The van der Waals surface area contributed by atoms with Gasteiger partial charge in [-0.3, -0.25) is 0 Å². The number of rotatable bonds is 2. The van der Waals surface area contributed by atoms with Gasteiger partial charge in [0, 0.05) is 9.85 Å². The Morgan fingerprint density at radius 2 is 2.11 bits per heavy atom. The van der Waals surface area contributed by atoms with Crippen LogP contribution in [-0.2, 0) is 0 Å². The fourth-order valence-electron chi connectivity index (χ4n) is 3.00. The van der Waals surface area contributed by atoms with Crippen molar-refractivity contribution in [2.24, 2.45) is 11.3 Å². The second-order valence-electron chi connectivity index (χ2n) is 6.01. The lowest BCUT2D eigenvalue weighted by molar-refractivity contribution is 0.257.